The minimum absolute atomic E-state index is 0.0279. The molecule has 0 atom stereocenters. The highest BCUT2D eigenvalue weighted by Gasteiger charge is 2.26. The van der Waals surface area contributed by atoms with Gasteiger partial charge in [-0.2, -0.15) is 5.26 Å². The number of nitrogens with one attached hydrogen (secondary N) is 1. The number of piperazine rings is 1. The van der Waals surface area contributed by atoms with Gasteiger partial charge < -0.3 is 14.8 Å². The Morgan fingerprint density at radius 2 is 2.08 bits per heavy atom. The molecule has 3 aromatic heterocycles. The number of nitrogens with zero attached hydrogens (tertiary/aromatic N) is 4. The van der Waals surface area contributed by atoms with E-state index in [9.17, 15) is 14.9 Å². The van der Waals surface area contributed by atoms with Crippen LogP contribution in [0.3, 0.4) is 0 Å². The first-order valence-corrected chi connectivity index (χ1v) is 9.05. The average Bonchev–Trinajstić information content (AvgIpc) is 3.21. The molecule has 4 rings (SSSR count). The zero-order chi connectivity index (χ0) is 18.1. The maximum atomic E-state index is 12.5. The zero-order valence-electron chi connectivity index (χ0n) is 13.8. The van der Waals surface area contributed by atoms with Gasteiger partial charge in [0.15, 0.2) is 0 Å². The van der Waals surface area contributed by atoms with Gasteiger partial charge in [-0.15, -0.1) is 11.3 Å². The Morgan fingerprint density at radius 3 is 2.77 bits per heavy atom. The molecule has 1 fully saturated rings. The number of aromatic amines is 1. The Balaban J connectivity index is 1.65. The number of carbonyl (C=O) groups is 1. The topological polar surface area (TPSA) is 93.1 Å². The van der Waals surface area contributed by atoms with Gasteiger partial charge in [0.1, 0.15) is 11.6 Å². The first-order valence-electron chi connectivity index (χ1n) is 8.17. The summed E-state index contributed by atoms with van der Waals surface area (Å²) in [4.78, 5) is 36.0. The van der Waals surface area contributed by atoms with Crippen molar-refractivity contribution in [3.05, 3.63) is 56.8 Å². The smallest absolute Gasteiger partial charge is 0.268 e. The molecule has 4 heterocycles. The van der Waals surface area contributed by atoms with E-state index in [0.29, 0.717) is 37.4 Å². The summed E-state index contributed by atoms with van der Waals surface area (Å²) in [7, 11) is 0. The van der Waals surface area contributed by atoms with E-state index in [1.807, 2.05) is 33.4 Å². The quantitative estimate of drug-likeness (QED) is 0.748. The monoisotopic (exact) mass is 365 g/mol. The Morgan fingerprint density at radius 1 is 1.27 bits per heavy atom. The molecule has 1 saturated heterocycles. The first kappa shape index (κ1) is 16.3. The van der Waals surface area contributed by atoms with Crippen molar-refractivity contribution in [2.45, 2.75) is 0 Å². The molecule has 0 aliphatic carbocycles. The summed E-state index contributed by atoms with van der Waals surface area (Å²) in [6, 6.07) is 7.51. The standard InChI is InChI=1S/C18H15N5O2S/c19-10-13-16(12-3-4-20-11-14(12)21-17(13)24)22-5-7-23(8-6-22)18(25)15-2-1-9-26-15/h1-4,9,11H,5-8H2,(H,21,24). The predicted octanol–water partition coefficient (Wildman–Crippen LogP) is 1.82. The van der Waals surface area contributed by atoms with E-state index in [-0.39, 0.29) is 11.5 Å². The molecule has 1 aliphatic rings. The van der Waals surface area contributed by atoms with Crippen molar-refractivity contribution in [2.24, 2.45) is 0 Å². The molecule has 26 heavy (non-hydrogen) atoms. The number of amides is 1. The highest BCUT2D eigenvalue weighted by molar-refractivity contribution is 7.12. The van der Waals surface area contributed by atoms with Crippen molar-refractivity contribution < 1.29 is 4.79 Å². The molecule has 7 nitrogen and oxygen atoms in total. The lowest BCUT2D eigenvalue weighted by Crippen LogP contribution is -2.49. The fraction of sp³-hybridized carbons (Fsp3) is 0.222. The second-order valence-electron chi connectivity index (χ2n) is 5.97. The molecule has 0 saturated carbocycles. The Kier molecular flexibility index (Phi) is 4.14. The lowest BCUT2D eigenvalue weighted by Gasteiger charge is -2.36. The summed E-state index contributed by atoms with van der Waals surface area (Å²) in [6.45, 7) is 2.21. The first-order chi connectivity index (χ1) is 12.7. The van der Waals surface area contributed by atoms with Crippen molar-refractivity contribution in [3.63, 3.8) is 0 Å². The van der Waals surface area contributed by atoms with Gasteiger partial charge in [0.25, 0.3) is 11.5 Å². The van der Waals surface area contributed by atoms with E-state index in [1.54, 1.807) is 18.5 Å². The van der Waals surface area contributed by atoms with Crippen LogP contribution in [0.4, 0.5) is 5.69 Å². The Labute approximate surface area is 153 Å². The Hall–Kier alpha value is -3.18. The van der Waals surface area contributed by atoms with Crippen LogP contribution in [0.1, 0.15) is 15.2 Å². The fourth-order valence-corrected chi connectivity index (χ4v) is 3.94. The molecule has 1 N–H and O–H groups in total. The van der Waals surface area contributed by atoms with E-state index in [2.05, 4.69) is 9.97 Å². The van der Waals surface area contributed by atoms with Crippen molar-refractivity contribution in [3.8, 4) is 6.07 Å². The van der Waals surface area contributed by atoms with E-state index in [1.165, 1.54) is 11.3 Å². The third kappa shape index (κ3) is 2.72. The SMILES string of the molecule is N#Cc1c(N2CCN(C(=O)c3cccs3)CC2)c2ccncc2[nH]c1=O. The van der Waals surface area contributed by atoms with Crippen molar-refractivity contribution in [1.82, 2.24) is 14.9 Å². The van der Waals surface area contributed by atoms with Crippen LogP contribution in [-0.2, 0) is 0 Å². The molecular weight excluding hydrogens is 350 g/mol. The highest BCUT2D eigenvalue weighted by Crippen LogP contribution is 2.28. The van der Waals surface area contributed by atoms with Crippen molar-refractivity contribution in [2.75, 3.05) is 31.1 Å². The number of carbonyl (C=O) groups excluding carboxylic acids is 1. The maximum Gasteiger partial charge on any atom is 0.268 e. The summed E-state index contributed by atoms with van der Waals surface area (Å²) in [5.41, 5.74) is 0.905. The molecule has 0 unspecified atom stereocenters. The molecule has 130 valence electrons. The lowest BCUT2D eigenvalue weighted by atomic mass is 10.1. The minimum atomic E-state index is -0.417. The molecule has 0 aromatic carbocycles. The van der Waals surface area contributed by atoms with Gasteiger partial charge in [0.05, 0.1) is 22.3 Å². The molecule has 0 bridgehead atoms. The third-order valence-corrected chi connectivity index (χ3v) is 5.37. The predicted molar refractivity (Wildman–Crippen MR) is 99.5 cm³/mol. The molecule has 0 spiro atoms. The normalized spacial score (nSPS) is 14.4. The highest BCUT2D eigenvalue weighted by atomic mass is 32.1. The molecule has 8 heteroatoms. The van der Waals surface area contributed by atoms with Gasteiger partial charge in [0.2, 0.25) is 0 Å². The lowest BCUT2D eigenvalue weighted by molar-refractivity contribution is 0.0752. The second-order valence-corrected chi connectivity index (χ2v) is 6.92. The van der Waals surface area contributed by atoms with Crippen LogP contribution >= 0.6 is 11.3 Å². The van der Waals surface area contributed by atoms with Gasteiger partial charge in [-0.25, -0.2) is 0 Å². The number of fused-ring (bicyclic) bond motifs is 1. The fourth-order valence-electron chi connectivity index (χ4n) is 3.25. The van der Waals surface area contributed by atoms with E-state index in [0.717, 1.165) is 10.3 Å². The number of anilines is 1. The summed E-state index contributed by atoms with van der Waals surface area (Å²) >= 11 is 1.43. The number of hydrogen-bond donors (Lipinski definition) is 1. The van der Waals surface area contributed by atoms with Gasteiger partial charge >= 0.3 is 0 Å². The zero-order valence-corrected chi connectivity index (χ0v) is 14.6. The number of pyridine rings is 2. The van der Waals surface area contributed by atoms with E-state index < -0.39 is 5.56 Å². The van der Waals surface area contributed by atoms with Crippen molar-refractivity contribution in [1.29, 1.82) is 5.26 Å². The maximum absolute atomic E-state index is 12.5. The van der Waals surface area contributed by atoms with Crippen molar-refractivity contribution >= 4 is 33.8 Å². The Bertz CT molecular complexity index is 1060. The summed E-state index contributed by atoms with van der Waals surface area (Å²) in [6.07, 6.45) is 3.22. The molecular formula is C18H15N5O2S. The number of hydrogen-bond acceptors (Lipinski definition) is 6. The number of nitriles is 1. The van der Waals surface area contributed by atoms with Gasteiger partial charge in [-0.05, 0) is 17.5 Å². The van der Waals surface area contributed by atoms with E-state index >= 15 is 0 Å². The van der Waals surface area contributed by atoms with Crippen LogP contribution in [0.25, 0.3) is 10.9 Å². The molecule has 1 amide bonds. The molecule has 3 aromatic rings. The van der Waals surface area contributed by atoms with Gasteiger partial charge in [0, 0.05) is 37.8 Å². The van der Waals surface area contributed by atoms with Gasteiger partial charge in [-0.1, -0.05) is 6.07 Å². The van der Waals surface area contributed by atoms with Crippen LogP contribution < -0.4 is 10.5 Å². The second kappa shape index (κ2) is 6.61. The average molecular weight is 365 g/mol. The molecule has 1 aliphatic heterocycles. The molecule has 0 radical (unpaired) electrons. The van der Waals surface area contributed by atoms with Crippen LogP contribution in [-0.4, -0.2) is 47.0 Å². The van der Waals surface area contributed by atoms with Crippen LogP contribution in [0.15, 0.2) is 40.8 Å². The minimum Gasteiger partial charge on any atom is -0.366 e. The number of rotatable bonds is 2. The number of aromatic nitrogens is 2. The third-order valence-electron chi connectivity index (χ3n) is 4.52. The van der Waals surface area contributed by atoms with Crippen LogP contribution in [0, 0.1) is 11.3 Å². The largest absolute Gasteiger partial charge is 0.366 e. The van der Waals surface area contributed by atoms with E-state index in [4.69, 9.17) is 0 Å². The number of H-pyrrole nitrogens is 1. The summed E-state index contributed by atoms with van der Waals surface area (Å²) < 4.78 is 0. The summed E-state index contributed by atoms with van der Waals surface area (Å²) in [5, 5.41) is 12.2. The van der Waals surface area contributed by atoms with Crippen LogP contribution in [0.2, 0.25) is 0 Å². The van der Waals surface area contributed by atoms with Crippen LogP contribution in [0.5, 0.6) is 0 Å². The summed E-state index contributed by atoms with van der Waals surface area (Å²) in [5.74, 6) is 0.0279. The number of thiophene rings is 1. The van der Waals surface area contributed by atoms with Gasteiger partial charge in [-0.3, -0.25) is 14.6 Å².